The van der Waals surface area contributed by atoms with Crippen LogP contribution in [0.4, 0.5) is 17.1 Å². The van der Waals surface area contributed by atoms with Crippen LogP contribution in [0.25, 0.3) is 0 Å². The van der Waals surface area contributed by atoms with E-state index in [1.807, 2.05) is 44.3 Å². The molecule has 3 rings (SSSR count). The van der Waals surface area contributed by atoms with Gasteiger partial charge in [-0.05, 0) is 36.8 Å². The van der Waals surface area contributed by atoms with Gasteiger partial charge in [-0.1, -0.05) is 15.9 Å². The molecule has 1 aliphatic rings. The number of aryl methyl sites for hydroxylation is 1. The Morgan fingerprint density at radius 1 is 1.10 bits per heavy atom. The van der Waals surface area contributed by atoms with E-state index in [9.17, 15) is 0 Å². The standard InChI is InChI=1S/C15H15BrN2O2/c1-9-5-14-15(20-8-19-14)7-13(9)18(2)12-4-3-10(16)6-11(12)17/h3-7H,8,17H2,1-2H3. The highest BCUT2D eigenvalue weighted by molar-refractivity contribution is 9.10. The van der Waals surface area contributed by atoms with Gasteiger partial charge in [-0.15, -0.1) is 0 Å². The van der Waals surface area contributed by atoms with Gasteiger partial charge in [0.1, 0.15) is 0 Å². The molecule has 0 amide bonds. The van der Waals surface area contributed by atoms with Crippen molar-refractivity contribution in [3.8, 4) is 11.5 Å². The third-order valence-electron chi connectivity index (χ3n) is 3.40. The van der Waals surface area contributed by atoms with Gasteiger partial charge < -0.3 is 20.1 Å². The van der Waals surface area contributed by atoms with Crippen LogP contribution in [0.15, 0.2) is 34.8 Å². The van der Waals surface area contributed by atoms with Crippen LogP contribution in [-0.2, 0) is 0 Å². The fourth-order valence-corrected chi connectivity index (χ4v) is 2.73. The molecule has 0 radical (unpaired) electrons. The number of nitrogens with zero attached hydrogens (tertiary/aromatic N) is 1. The molecule has 20 heavy (non-hydrogen) atoms. The first-order valence-corrected chi connectivity index (χ1v) is 7.04. The average molecular weight is 335 g/mol. The molecule has 2 aromatic rings. The van der Waals surface area contributed by atoms with Crippen molar-refractivity contribution in [1.29, 1.82) is 0 Å². The van der Waals surface area contributed by atoms with Crippen LogP contribution >= 0.6 is 15.9 Å². The zero-order valence-corrected chi connectivity index (χ0v) is 12.9. The highest BCUT2D eigenvalue weighted by Crippen LogP contribution is 2.40. The topological polar surface area (TPSA) is 47.7 Å². The second-order valence-electron chi connectivity index (χ2n) is 4.75. The fraction of sp³-hybridized carbons (Fsp3) is 0.200. The first-order chi connectivity index (χ1) is 9.56. The number of nitrogen functional groups attached to an aromatic ring is 1. The summed E-state index contributed by atoms with van der Waals surface area (Å²) in [5.41, 5.74) is 9.92. The minimum atomic E-state index is 0.280. The zero-order valence-electron chi connectivity index (χ0n) is 11.3. The minimum absolute atomic E-state index is 0.280. The maximum absolute atomic E-state index is 6.09. The van der Waals surface area contributed by atoms with E-state index in [0.29, 0.717) is 0 Å². The third-order valence-corrected chi connectivity index (χ3v) is 3.90. The number of hydrogen-bond donors (Lipinski definition) is 1. The molecule has 0 unspecified atom stereocenters. The average Bonchev–Trinajstić information content (AvgIpc) is 2.84. The number of halogens is 1. The Morgan fingerprint density at radius 3 is 2.50 bits per heavy atom. The van der Waals surface area contributed by atoms with Gasteiger partial charge in [0.2, 0.25) is 6.79 Å². The first-order valence-electron chi connectivity index (χ1n) is 6.25. The Balaban J connectivity index is 2.04. The lowest BCUT2D eigenvalue weighted by atomic mass is 10.1. The Bertz CT molecular complexity index is 673. The molecule has 1 heterocycles. The molecular formula is C15H15BrN2O2. The predicted molar refractivity (Wildman–Crippen MR) is 83.9 cm³/mol. The third kappa shape index (κ3) is 2.18. The van der Waals surface area contributed by atoms with E-state index in [1.165, 1.54) is 0 Å². The highest BCUT2D eigenvalue weighted by atomic mass is 79.9. The Hall–Kier alpha value is -1.88. The number of rotatable bonds is 2. The van der Waals surface area contributed by atoms with E-state index in [0.717, 1.165) is 38.6 Å². The maximum Gasteiger partial charge on any atom is 0.231 e. The van der Waals surface area contributed by atoms with Gasteiger partial charge >= 0.3 is 0 Å². The summed E-state index contributed by atoms with van der Waals surface area (Å²) in [7, 11) is 1.99. The van der Waals surface area contributed by atoms with Crippen molar-refractivity contribution in [1.82, 2.24) is 0 Å². The number of ether oxygens (including phenoxy) is 2. The number of benzene rings is 2. The monoisotopic (exact) mass is 334 g/mol. The van der Waals surface area contributed by atoms with E-state index < -0.39 is 0 Å². The number of anilines is 3. The van der Waals surface area contributed by atoms with Crippen LogP contribution in [-0.4, -0.2) is 13.8 Å². The summed E-state index contributed by atoms with van der Waals surface area (Å²) in [5, 5.41) is 0. The molecule has 0 saturated carbocycles. The highest BCUT2D eigenvalue weighted by Gasteiger charge is 2.18. The summed E-state index contributed by atoms with van der Waals surface area (Å²) >= 11 is 3.42. The van der Waals surface area contributed by atoms with Crippen molar-refractivity contribution in [2.45, 2.75) is 6.92 Å². The Kier molecular flexibility index (Phi) is 3.22. The van der Waals surface area contributed by atoms with Gasteiger partial charge in [0.25, 0.3) is 0 Å². The molecule has 2 N–H and O–H groups in total. The zero-order chi connectivity index (χ0) is 14.3. The largest absolute Gasteiger partial charge is 0.454 e. The van der Waals surface area contributed by atoms with Crippen LogP contribution < -0.4 is 20.1 Å². The molecule has 0 aromatic heterocycles. The van der Waals surface area contributed by atoms with Crippen LogP contribution in [0, 0.1) is 6.92 Å². The van der Waals surface area contributed by atoms with Crippen LogP contribution in [0.1, 0.15) is 5.56 Å². The summed E-state index contributed by atoms with van der Waals surface area (Å²) in [6.07, 6.45) is 0. The van der Waals surface area contributed by atoms with Gasteiger partial charge in [-0.25, -0.2) is 0 Å². The number of fused-ring (bicyclic) bond motifs is 1. The lowest BCUT2D eigenvalue weighted by molar-refractivity contribution is 0.174. The molecule has 104 valence electrons. The second-order valence-corrected chi connectivity index (χ2v) is 5.67. The molecule has 0 aliphatic carbocycles. The van der Waals surface area contributed by atoms with Crippen LogP contribution in [0.3, 0.4) is 0 Å². The van der Waals surface area contributed by atoms with E-state index in [2.05, 4.69) is 20.8 Å². The van der Waals surface area contributed by atoms with Crippen LogP contribution in [0.2, 0.25) is 0 Å². The van der Waals surface area contributed by atoms with Crippen LogP contribution in [0.5, 0.6) is 11.5 Å². The maximum atomic E-state index is 6.09. The molecule has 0 spiro atoms. The lowest BCUT2D eigenvalue weighted by Gasteiger charge is -2.23. The summed E-state index contributed by atoms with van der Waals surface area (Å²) in [4.78, 5) is 2.05. The molecule has 0 bridgehead atoms. The van der Waals surface area contributed by atoms with E-state index in [1.54, 1.807) is 0 Å². The van der Waals surface area contributed by atoms with Crippen molar-refractivity contribution in [2.24, 2.45) is 0 Å². The fourth-order valence-electron chi connectivity index (χ4n) is 2.35. The summed E-state index contributed by atoms with van der Waals surface area (Å²) in [6.45, 7) is 2.32. The molecule has 0 fully saturated rings. The van der Waals surface area contributed by atoms with Gasteiger partial charge in [0, 0.05) is 23.3 Å². The van der Waals surface area contributed by atoms with Gasteiger partial charge in [0.05, 0.1) is 11.4 Å². The summed E-state index contributed by atoms with van der Waals surface area (Å²) in [6, 6.07) is 9.84. The van der Waals surface area contributed by atoms with Gasteiger partial charge in [-0.2, -0.15) is 0 Å². The molecule has 1 aliphatic heterocycles. The summed E-state index contributed by atoms with van der Waals surface area (Å²) in [5.74, 6) is 1.57. The minimum Gasteiger partial charge on any atom is -0.454 e. The normalized spacial score (nSPS) is 12.6. The summed E-state index contributed by atoms with van der Waals surface area (Å²) < 4.78 is 11.8. The Morgan fingerprint density at radius 2 is 1.80 bits per heavy atom. The molecule has 0 atom stereocenters. The van der Waals surface area contributed by atoms with E-state index in [4.69, 9.17) is 15.2 Å². The Labute approximate surface area is 126 Å². The molecule has 0 saturated heterocycles. The molecule has 5 heteroatoms. The quantitative estimate of drug-likeness (QED) is 0.847. The molecular weight excluding hydrogens is 320 g/mol. The molecule has 2 aromatic carbocycles. The smallest absolute Gasteiger partial charge is 0.231 e. The van der Waals surface area contributed by atoms with Crippen molar-refractivity contribution in [3.63, 3.8) is 0 Å². The van der Waals surface area contributed by atoms with Crippen molar-refractivity contribution in [3.05, 3.63) is 40.4 Å². The predicted octanol–water partition coefficient (Wildman–Crippen LogP) is 3.84. The molecule has 4 nitrogen and oxygen atoms in total. The van der Waals surface area contributed by atoms with Crippen molar-refractivity contribution >= 4 is 33.0 Å². The SMILES string of the molecule is Cc1cc2c(cc1N(C)c1ccc(Br)cc1N)OCO2. The van der Waals surface area contributed by atoms with Crippen molar-refractivity contribution < 1.29 is 9.47 Å². The van der Waals surface area contributed by atoms with E-state index in [-0.39, 0.29) is 6.79 Å². The van der Waals surface area contributed by atoms with Gasteiger partial charge in [-0.3, -0.25) is 0 Å². The number of nitrogens with two attached hydrogens (primary N) is 1. The van der Waals surface area contributed by atoms with E-state index >= 15 is 0 Å². The second kappa shape index (κ2) is 4.90. The number of hydrogen-bond acceptors (Lipinski definition) is 4. The lowest BCUT2D eigenvalue weighted by Crippen LogP contribution is -2.12. The van der Waals surface area contributed by atoms with Gasteiger partial charge in [0.15, 0.2) is 11.5 Å². The van der Waals surface area contributed by atoms with Crippen molar-refractivity contribution in [2.75, 3.05) is 24.5 Å². The first kappa shape index (κ1) is 13.1.